The van der Waals surface area contributed by atoms with Gasteiger partial charge < -0.3 is 19.7 Å². The van der Waals surface area contributed by atoms with Gasteiger partial charge in [-0.15, -0.1) is 0 Å². The highest BCUT2D eigenvalue weighted by molar-refractivity contribution is 5.55. The van der Waals surface area contributed by atoms with Gasteiger partial charge in [-0.3, -0.25) is 0 Å². The molecule has 1 aromatic carbocycles. The van der Waals surface area contributed by atoms with Gasteiger partial charge in [-0.2, -0.15) is 0 Å². The predicted molar refractivity (Wildman–Crippen MR) is 77.7 cm³/mol. The smallest absolute Gasteiger partial charge is 0.102 e. The van der Waals surface area contributed by atoms with E-state index < -0.39 is 0 Å². The van der Waals surface area contributed by atoms with Crippen molar-refractivity contribution in [2.24, 2.45) is 0 Å². The summed E-state index contributed by atoms with van der Waals surface area (Å²) in [5.74, 6) is 0. The predicted octanol–water partition coefficient (Wildman–Crippen LogP) is 1.56. The number of ether oxygens (including phenoxy) is 2. The maximum atomic E-state index is 5.49. The van der Waals surface area contributed by atoms with Crippen molar-refractivity contribution < 1.29 is 9.47 Å². The van der Waals surface area contributed by atoms with Crippen LogP contribution in [0.3, 0.4) is 0 Å². The monoisotopic (exact) mass is 264 g/mol. The Balaban J connectivity index is 2.14. The Morgan fingerprint density at radius 3 is 2.32 bits per heavy atom. The highest BCUT2D eigenvalue weighted by Gasteiger charge is 2.33. The SMILES string of the molecule is CNCc1ccc(N2CC(OC)C(OC)C2)c(C)c1. The van der Waals surface area contributed by atoms with E-state index in [9.17, 15) is 0 Å². The number of nitrogens with zero attached hydrogens (tertiary/aromatic N) is 1. The molecule has 1 aliphatic heterocycles. The fraction of sp³-hybridized carbons (Fsp3) is 0.600. The minimum atomic E-state index is 0.154. The average molecular weight is 264 g/mol. The van der Waals surface area contributed by atoms with E-state index in [1.54, 1.807) is 14.2 Å². The van der Waals surface area contributed by atoms with Crippen LogP contribution in [-0.2, 0) is 16.0 Å². The minimum absolute atomic E-state index is 0.154. The molecule has 2 unspecified atom stereocenters. The second-order valence-corrected chi connectivity index (χ2v) is 5.10. The van der Waals surface area contributed by atoms with Gasteiger partial charge in [0.2, 0.25) is 0 Å². The van der Waals surface area contributed by atoms with Gasteiger partial charge in [0.05, 0.1) is 0 Å². The molecule has 0 amide bonds. The van der Waals surface area contributed by atoms with Gasteiger partial charge in [-0.1, -0.05) is 12.1 Å². The third kappa shape index (κ3) is 3.08. The molecule has 4 heteroatoms. The first-order valence-electron chi connectivity index (χ1n) is 6.74. The zero-order chi connectivity index (χ0) is 13.8. The fourth-order valence-electron chi connectivity index (χ4n) is 2.78. The maximum Gasteiger partial charge on any atom is 0.102 e. The van der Waals surface area contributed by atoms with Gasteiger partial charge in [0.25, 0.3) is 0 Å². The topological polar surface area (TPSA) is 33.7 Å². The van der Waals surface area contributed by atoms with Crippen LogP contribution in [0.15, 0.2) is 18.2 Å². The summed E-state index contributed by atoms with van der Waals surface area (Å²) >= 11 is 0. The summed E-state index contributed by atoms with van der Waals surface area (Å²) in [7, 11) is 5.47. The van der Waals surface area contributed by atoms with E-state index >= 15 is 0 Å². The zero-order valence-corrected chi connectivity index (χ0v) is 12.3. The molecule has 2 atom stereocenters. The quantitative estimate of drug-likeness (QED) is 0.875. The van der Waals surface area contributed by atoms with E-state index in [2.05, 4.69) is 35.3 Å². The first-order valence-corrected chi connectivity index (χ1v) is 6.74. The van der Waals surface area contributed by atoms with E-state index in [1.165, 1.54) is 16.8 Å². The lowest BCUT2D eigenvalue weighted by molar-refractivity contribution is -0.00461. The summed E-state index contributed by atoms with van der Waals surface area (Å²) in [5, 5.41) is 3.18. The average Bonchev–Trinajstić information content (AvgIpc) is 2.82. The second-order valence-electron chi connectivity index (χ2n) is 5.10. The van der Waals surface area contributed by atoms with Crippen LogP contribution in [0.25, 0.3) is 0 Å². The van der Waals surface area contributed by atoms with Gasteiger partial charge >= 0.3 is 0 Å². The molecule has 0 bridgehead atoms. The number of nitrogens with one attached hydrogen (secondary N) is 1. The molecule has 0 aliphatic carbocycles. The Kier molecular flexibility index (Phi) is 4.80. The molecule has 1 saturated heterocycles. The lowest BCUT2D eigenvalue weighted by atomic mass is 10.1. The van der Waals surface area contributed by atoms with Crippen LogP contribution in [0.5, 0.6) is 0 Å². The van der Waals surface area contributed by atoms with Crippen molar-refractivity contribution in [3.05, 3.63) is 29.3 Å². The Labute approximate surface area is 115 Å². The normalized spacial score (nSPS) is 23.1. The van der Waals surface area contributed by atoms with Crippen LogP contribution in [0.4, 0.5) is 5.69 Å². The zero-order valence-electron chi connectivity index (χ0n) is 12.3. The number of benzene rings is 1. The minimum Gasteiger partial charge on any atom is -0.377 e. The van der Waals surface area contributed by atoms with Crippen molar-refractivity contribution in [1.29, 1.82) is 0 Å². The van der Waals surface area contributed by atoms with Gasteiger partial charge in [0.1, 0.15) is 12.2 Å². The summed E-state index contributed by atoms with van der Waals surface area (Å²) in [6.45, 7) is 4.85. The van der Waals surface area contributed by atoms with Crippen LogP contribution in [-0.4, -0.2) is 46.6 Å². The highest BCUT2D eigenvalue weighted by Crippen LogP contribution is 2.27. The van der Waals surface area contributed by atoms with Gasteiger partial charge in [0.15, 0.2) is 0 Å². The molecular formula is C15H24N2O2. The van der Waals surface area contributed by atoms with E-state index in [1.807, 2.05) is 7.05 Å². The molecule has 1 N–H and O–H groups in total. The summed E-state index contributed by atoms with van der Waals surface area (Å²) in [6, 6.07) is 6.63. The first-order chi connectivity index (χ1) is 9.19. The molecule has 1 fully saturated rings. The van der Waals surface area contributed by atoms with E-state index in [-0.39, 0.29) is 12.2 Å². The van der Waals surface area contributed by atoms with E-state index in [0.29, 0.717) is 0 Å². The molecule has 2 rings (SSSR count). The first kappa shape index (κ1) is 14.3. The number of aryl methyl sites for hydroxylation is 1. The summed E-state index contributed by atoms with van der Waals surface area (Å²) < 4.78 is 11.0. The lowest BCUT2D eigenvalue weighted by Crippen LogP contribution is -2.27. The molecule has 0 radical (unpaired) electrons. The molecule has 19 heavy (non-hydrogen) atoms. The number of anilines is 1. The van der Waals surface area contributed by atoms with E-state index in [0.717, 1.165) is 19.6 Å². The number of rotatable bonds is 5. The van der Waals surface area contributed by atoms with Crippen molar-refractivity contribution in [1.82, 2.24) is 5.32 Å². The standard InChI is InChI=1S/C15H24N2O2/c1-11-7-12(8-16-2)5-6-13(11)17-9-14(18-3)15(10-17)19-4/h5-7,14-16H,8-10H2,1-4H3. The molecular weight excluding hydrogens is 240 g/mol. The van der Waals surface area contributed by atoms with E-state index in [4.69, 9.17) is 9.47 Å². The summed E-state index contributed by atoms with van der Waals surface area (Å²) in [4.78, 5) is 2.35. The van der Waals surface area contributed by atoms with Crippen LogP contribution in [0.2, 0.25) is 0 Å². The Bertz CT molecular complexity index is 411. The molecule has 0 saturated carbocycles. The Hall–Kier alpha value is -1.10. The number of hydrogen-bond donors (Lipinski definition) is 1. The molecule has 1 heterocycles. The van der Waals surface area contributed by atoms with Gasteiger partial charge in [-0.25, -0.2) is 0 Å². The van der Waals surface area contributed by atoms with Crippen molar-refractivity contribution in [3.8, 4) is 0 Å². The summed E-state index contributed by atoms with van der Waals surface area (Å²) in [5.41, 5.74) is 3.90. The molecule has 4 nitrogen and oxygen atoms in total. The fourth-order valence-corrected chi connectivity index (χ4v) is 2.78. The Morgan fingerprint density at radius 2 is 1.84 bits per heavy atom. The van der Waals surface area contributed by atoms with Crippen molar-refractivity contribution in [2.75, 3.05) is 39.3 Å². The van der Waals surface area contributed by atoms with Gasteiger partial charge in [0, 0.05) is 39.5 Å². The third-order valence-corrected chi connectivity index (χ3v) is 3.80. The molecule has 1 aliphatic rings. The number of methoxy groups -OCH3 is 2. The second kappa shape index (κ2) is 6.37. The van der Waals surface area contributed by atoms with Crippen LogP contribution >= 0.6 is 0 Å². The highest BCUT2D eigenvalue weighted by atomic mass is 16.5. The van der Waals surface area contributed by atoms with Crippen molar-refractivity contribution >= 4 is 5.69 Å². The maximum absolute atomic E-state index is 5.49. The van der Waals surface area contributed by atoms with Crippen molar-refractivity contribution in [3.63, 3.8) is 0 Å². The van der Waals surface area contributed by atoms with Crippen LogP contribution in [0.1, 0.15) is 11.1 Å². The lowest BCUT2D eigenvalue weighted by Gasteiger charge is -2.21. The van der Waals surface area contributed by atoms with Gasteiger partial charge in [-0.05, 0) is 31.2 Å². The molecule has 0 spiro atoms. The van der Waals surface area contributed by atoms with Crippen molar-refractivity contribution in [2.45, 2.75) is 25.7 Å². The summed E-state index contributed by atoms with van der Waals surface area (Å²) in [6.07, 6.45) is 0.308. The van der Waals surface area contributed by atoms with Crippen LogP contribution in [0, 0.1) is 6.92 Å². The largest absolute Gasteiger partial charge is 0.377 e. The molecule has 106 valence electrons. The Morgan fingerprint density at radius 1 is 1.21 bits per heavy atom. The molecule has 0 aromatic heterocycles. The molecule has 1 aromatic rings. The number of hydrogen-bond acceptors (Lipinski definition) is 4. The van der Waals surface area contributed by atoms with Crippen LogP contribution < -0.4 is 10.2 Å². The third-order valence-electron chi connectivity index (χ3n) is 3.80.